The van der Waals surface area contributed by atoms with Crippen molar-refractivity contribution >= 4 is 5.69 Å². The van der Waals surface area contributed by atoms with Gasteiger partial charge in [-0.05, 0) is 24.1 Å². The summed E-state index contributed by atoms with van der Waals surface area (Å²) in [5.41, 5.74) is 6.58. The minimum atomic E-state index is -0.796. The van der Waals surface area contributed by atoms with Crippen LogP contribution in [0.3, 0.4) is 0 Å². The lowest BCUT2D eigenvalue weighted by Gasteiger charge is -2.25. The SMILES string of the molecule is COc1cc(CC2(O)C=CC=CC2)ccc1N. The topological polar surface area (TPSA) is 55.5 Å². The summed E-state index contributed by atoms with van der Waals surface area (Å²) in [5.74, 6) is 0.654. The van der Waals surface area contributed by atoms with Crippen molar-refractivity contribution in [2.75, 3.05) is 12.8 Å². The summed E-state index contributed by atoms with van der Waals surface area (Å²) in [5, 5.41) is 10.3. The van der Waals surface area contributed by atoms with Gasteiger partial charge in [0.25, 0.3) is 0 Å². The Labute approximate surface area is 101 Å². The van der Waals surface area contributed by atoms with Gasteiger partial charge in [-0.3, -0.25) is 0 Å². The Morgan fingerprint density at radius 2 is 2.24 bits per heavy atom. The fourth-order valence-corrected chi connectivity index (χ4v) is 2.00. The zero-order chi connectivity index (χ0) is 12.3. The van der Waals surface area contributed by atoms with Crippen LogP contribution >= 0.6 is 0 Å². The van der Waals surface area contributed by atoms with E-state index in [0.29, 0.717) is 24.3 Å². The number of nitrogens with two attached hydrogens (primary N) is 1. The number of hydrogen-bond acceptors (Lipinski definition) is 3. The van der Waals surface area contributed by atoms with Gasteiger partial charge in [0.15, 0.2) is 0 Å². The third kappa shape index (κ3) is 2.68. The molecule has 3 heteroatoms. The van der Waals surface area contributed by atoms with Crippen LogP contribution < -0.4 is 10.5 Å². The van der Waals surface area contributed by atoms with E-state index >= 15 is 0 Å². The number of hydrogen-bond donors (Lipinski definition) is 2. The lowest BCUT2D eigenvalue weighted by atomic mass is 9.88. The summed E-state index contributed by atoms with van der Waals surface area (Å²) in [7, 11) is 1.59. The highest BCUT2D eigenvalue weighted by molar-refractivity contribution is 5.54. The largest absolute Gasteiger partial charge is 0.495 e. The van der Waals surface area contributed by atoms with Crippen LogP contribution in [0.2, 0.25) is 0 Å². The molecule has 0 fully saturated rings. The number of nitrogen functional groups attached to an aromatic ring is 1. The molecule has 0 saturated carbocycles. The highest BCUT2D eigenvalue weighted by Gasteiger charge is 2.24. The van der Waals surface area contributed by atoms with Crippen LogP contribution in [-0.4, -0.2) is 17.8 Å². The van der Waals surface area contributed by atoms with Crippen LogP contribution in [0.15, 0.2) is 42.5 Å². The number of ether oxygens (including phenoxy) is 1. The molecular formula is C14H17NO2. The van der Waals surface area contributed by atoms with Crippen molar-refractivity contribution in [3.05, 3.63) is 48.1 Å². The van der Waals surface area contributed by atoms with E-state index in [9.17, 15) is 5.11 Å². The monoisotopic (exact) mass is 231 g/mol. The molecule has 17 heavy (non-hydrogen) atoms. The number of benzene rings is 1. The van der Waals surface area contributed by atoms with E-state index in [1.54, 1.807) is 13.2 Å². The van der Waals surface area contributed by atoms with Crippen molar-refractivity contribution in [1.29, 1.82) is 0 Å². The molecule has 1 aliphatic carbocycles. The second kappa shape index (κ2) is 4.63. The van der Waals surface area contributed by atoms with Gasteiger partial charge in [-0.25, -0.2) is 0 Å². The van der Waals surface area contributed by atoms with Crippen molar-refractivity contribution in [2.24, 2.45) is 0 Å². The summed E-state index contributed by atoms with van der Waals surface area (Å²) in [6, 6.07) is 5.60. The molecule has 0 aliphatic heterocycles. The van der Waals surface area contributed by atoms with E-state index in [2.05, 4.69) is 0 Å². The minimum absolute atomic E-state index is 0.560. The van der Waals surface area contributed by atoms with E-state index in [-0.39, 0.29) is 0 Å². The van der Waals surface area contributed by atoms with E-state index in [1.165, 1.54) is 0 Å². The Bertz CT molecular complexity index is 465. The molecule has 3 N–H and O–H groups in total. The quantitative estimate of drug-likeness (QED) is 0.783. The Morgan fingerprint density at radius 1 is 1.41 bits per heavy atom. The fraction of sp³-hybridized carbons (Fsp3) is 0.286. The summed E-state index contributed by atoms with van der Waals surface area (Å²) in [4.78, 5) is 0. The van der Waals surface area contributed by atoms with Gasteiger partial charge in [-0.1, -0.05) is 30.4 Å². The van der Waals surface area contributed by atoms with Crippen molar-refractivity contribution in [3.63, 3.8) is 0 Å². The van der Waals surface area contributed by atoms with Crippen LogP contribution in [0.25, 0.3) is 0 Å². The molecule has 1 unspecified atom stereocenters. The van der Waals surface area contributed by atoms with E-state index in [0.717, 1.165) is 5.56 Å². The Kier molecular flexibility index (Phi) is 3.20. The number of aliphatic hydroxyl groups is 1. The molecule has 2 rings (SSSR count). The second-order valence-corrected chi connectivity index (χ2v) is 4.35. The maximum atomic E-state index is 10.3. The van der Waals surface area contributed by atoms with Gasteiger partial charge in [0.2, 0.25) is 0 Å². The first-order valence-electron chi connectivity index (χ1n) is 5.62. The van der Waals surface area contributed by atoms with Gasteiger partial charge in [0.1, 0.15) is 5.75 Å². The molecule has 0 bridgehead atoms. The highest BCUT2D eigenvalue weighted by atomic mass is 16.5. The minimum Gasteiger partial charge on any atom is -0.495 e. The van der Waals surface area contributed by atoms with Gasteiger partial charge in [-0.15, -0.1) is 0 Å². The lowest BCUT2D eigenvalue weighted by molar-refractivity contribution is 0.0934. The van der Waals surface area contributed by atoms with Gasteiger partial charge >= 0.3 is 0 Å². The maximum Gasteiger partial charge on any atom is 0.142 e. The molecule has 0 saturated heterocycles. The molecule has 1 aromatic carbocycles. The molecule has 1 aliphatic rings. The molecule has 1 aromatic rings. The number of rotatable bonds is 3. The normalized spacial score (nSPS) is 22.7. The third-order valence-electron chi connectivity index (χ3n) is 2.93. The van der Waals surface area contributed by atoms with Crippen LogP contribution in [0.5, 0.6) is 5.75 Å². The predicted octanol–water partition coefficient (Wildman–Crippen LogP) is 2.07. The predicted molar refractivity (Wildman–Crippen MR) is 69.0 cm³/mol. The molecule has 3 nitrogen and oxygen atoms in total. The molecule has 0 radical (unpaired) electrons. The average Bonchev–Trinajstić information content (AvgIpc) is 2.32. The number of anilines is 1. The van der Waals surface area contributed by atoms with Gasteiger partial charge in [0, 0.05) is 6.42 Å². The van der Waals surface area contributed by atoms with E-state index < -0.39 is 5.60 Å². The molecular weight excluding hydrogens is 214 g/mol. The zero-order valence-electron chi connectivity index (χ0n) is 9.89. The van der Waals surface area contributed by atoms with Gasteiger partial charge in [-0.2, -0.15) is 0 Å². The van der Waals surface area contributed by atoms with Crippen molar-refractivity contribution < 1.29 is 9.84 Å². The lowest BCUT2D eigenvalue weighted by Crippen LogP contribution is -2.29. The third-order valence-corrected chi connectivity index (χ3v) is 2.93. The van der Waals surface area contributed by atoms with Crippen LogP contribution in [0, 0.1) is 0 Å². The molecule has 0 aromatic heterocycles. The fourth-order valence-electron chi connectivity index (χ4n) is 2.00. The smallest absolute Gasteiger partial charge is 0.142 e. The first kappa shape index (κ1) is 11.7. The van der Waals surface area contributed by atoms with Crippen LogP contribution in [-0.2, 0) is 6.42 Å². The standard InChI is InChI=1S/C14H17NO2/c1-17-13-9-11(5-6-12(13)15)10-14(16)7-3-2-4-8-14/h2-7,9,16H,8,10,15H2,1H3. The summed E-state index contributed by atoms with van der Waals surface area (Å²) < 4.78 is 5.17. The first-order valence-corrected chi connectivity index (χ1v) is 5.62. The van der Waals surface area contributed by atoms with E-state index in [1.807, 2.05) is 36.4 Å². The molecule has 90 valence electrons. The second-order valence-electron chi connectivity index (χ2n) is 4.35. The number of methoxy groups -OCH3 is 1. The summed E-state index contributed by atoms with van der Waals surface area (Å²) >= 11 is 0. The average molecular weight is 231 g/mol. The van der Waals surface area contributed by atoms with Gasteiger partial charge < -0.3 is 15.6 Å². The Morgan fingerprint density at radius 3 is 2.88 bits per heavy atom. The summed E-state index contributed by atoms with van der Waals surface area (Å²) in [6.07, 6.45) is 8.81. The first-order chi connectivity index (χ1) is 8.13. The maximum absolute atomic E-state index is 10.3. The van der Waals surface area contributed by atoms with E-state index in [4.69, 9.17) is 10.5 Å². The Balaban J connectivity index is 2.18. The van der Waals surface area contributed by atoms with Crippen molar-refractivity contribution in [2.45, 2.75) is 18.4 Å². The van der Waals surface area contributed by atoms with Crippen molar-refractivity contribution in [1.82, 2.24) is 0 Å². The molecule has 0 heterocycles. The van der Waals surface area contributed by atoms with Crippen molar-refractivity contribution in [3.8, 4) is 5.75 Å². The number of allylic oxidation sites excluding steroid dienone is 2. The molecule has 1 atom stereocenters. The summed E-state index contributed by atoms with van der Waals surface area (Å²) in [6.45, 7) is 0. The molecule has 0 spiro atoms. The Hall–Kier alpha value is -1.74. The molecule has 0 amide bonds. The van der Waals surface area contributed by atoms with Crippen LogP contribution in [0.1, 0.15) is 12.0 Å². The highest BCUT2D eigenvalue weighted by Crippen LogP contribution is 2.27. The van der Waals surface area contributed by atoms with Gasteiger partial charge in [0.05, 0.1) is 18.4 Å². The van der Waals surface area contributed by atoms with Crippen LogP contribution in [0.4, 0.5) is 5.69 Å². The zero-order valence-corrected chi connectivity index (χ0v) is 9.89.